The maximum Gasteiger partial charge on any atom is 0.416 e. The van der Waals surface area contributed by atoms with Crippen molar-refractivity contribution in [1.82, 2.24) is 55.6 Å². The number of piperidine rings is 2. The van der Waals surface area contributed by atoms with E-state index in [0.29, 0.717) is 61.7 Å². The van der Waals surface area contributed by atoms with Crippen LogP contribution in [-0.4, -0.2) is 83.2 Å². The van der Waals surface area contributed by atoms with Gasteiger partial charge in [0.1, 0.15) is 28.5 Å². The molecule has 0 bridgehead atoms. The van der Waals surface area contributed by atoms with Gasteiger partial charge in [-0.25, -0.2) is 8.78 Å². The normalized spacial score (nSPS) is 15.1. The lowest BCUT2D eigenvalue weighted by Crippen LogP contribution is -2.43. The number of anilines is 2. The van der Waals surface area contributed by atoms with Gasteiger partial charge in [0.2, 0.25) is 0 Å². The lowest BCUT2D eigenvalue weighted by atomic mass is 10.0. The van der Waals surface area contributed by atoms with E-state index in [0.717, 1.165) is 76.6 Å². The number of nitrogens with zero attached hydrogens (tertiary/aromatic N) is 11. The maximum absolute atomic E-state index is 13.9. The lowest BCUT2D eigenvalue weighted by molar-refractivity contribution is -0.138. The molecule has 66 heavy (non-hydrogen) atoms. The molecule has 0 spiro atoms. The lowest BCUT2D eigenvalue weighted by Gasteiger charge is -2.33. The highest BCUT2D eigenvalue weighted by Gasteiger charge is 2.34. The molecule has 2 N–H and O–H groups in total. The van der Waals surface area contributed by atoms with Crippen LogP contribution in [0.1, 0.15) is 42.4 Å². The van der Waals surface area contributed by atoms with E-state index in [1.165, 1.54) is 12.1 Å². The maximum atomic E-state index is 13.9. The van der Waals surface area contributed by atoms with Crippen LogP contribution in [-0.2, 0) is 33.4 Å². The summed E-state index contributed by atoms with van der Waals surface area (Å²) in [6.07, 6.45) is 3.98. The first-order valence-corrected chi connectivity index (χ1v) is 21.9. The second kappa shape index (κ2) is 19.3. The number of halogens is 5. The average Bonchev–Trinajstić information content (AvgIpc) is 3.97. The predicted molar refractivity (Wildman–Crippen MR) is 243 cm³/mol. The van der Waals surface area contributed by atoms with E-state index in [9.17, 15) is 22.0 Å². The molecular formula is C48H48F5N13. The summed E-state index contributed by atoms with van der Waals surface area (Å²) in [6.45, 7) is 3.65. The van der Waals surface area contributed by atoms with Gasteiger partial charge in [0.25, 0.3) is 0 Å². The number of benzene rings is 3. The molecule has 2 aliphatic rings. The zero-order chi connectivity index (χ0) is 45.8. The Morgan fingerprint density at radius 2 is 1.12 bits per heavy atom. The van der Waals surface area contributed by atoms with Crippen LogP contribution < -0.4 is 20.4 Å². The van der Waals surface area contributed by atoms with Gasteiger partial charge in [-0.3, -0.25) is 14.3 Å². The SMILES string of the molecule is Cn1nccc1-c1nnc(N2CCC(NCc3ccc(F)cc3C(F)(F)F)CC2)c2ncccc12.Cn1nccc1-c1nnc(N2CCC(NCc3ccccc3F)CC2)c2ccccc12. The van der Waals surface area contributed by atoms with Crippen molar-refractivity contribution in [2.24, 2.45) is 14.1 Å². The molecule has 18 heteroatoms. The molecule has 5 aromatic heterocycles. The average molecular weight is 902 g/mol. The van der Waals surface area contributed by atoms with E-state index in [4.69, 9.17) is 0 Å². The number of hydrogen-bond acceptors (Lipinski definition) is 11. The Morgan fingerprint density at radius 1 is 0.576 bits per heavy atom. The molecule has 0 amide bonds. The van der Waals surface area contributed by atoms with Gasteiger partial charge >= 0.3 is 6.18 Å². The third-order valence-electron chi connectivity index (χ3n) is 12.4. The van der Waals surface area contributed by atoms with Crippen molar-refractivity contribution in [3.63, 3.8) is 0 Å². The van der Waals surface area contributed by atoms with E-state index in [2.05, 4.69) is 68.1 Å². The quantitative estimate of drug-likeness (QED) is 0.129. The largest absolute Gasteiger partial charge is 0.416 e. The van der Waals surface area contributed by atoms with Crippen molar-refractivity contribution < 1.29 is 22.0 Å². The smallest absolute Gasteiger partial charge is 0.354 e. The Bertz CT molecular complexity index is 2940. The molecule has 13 nitrogen and oxygen atoms in total. The first-order chi connectivity index (χ1) is 32.0. The molecule has 3 aromatic carbocycles. The monoisotopic (exact) mass is 901 g/mol. The fraction of sp³-hybridized carbons (Fsp3) is 0.312. The van der Waals surface area contributed by atoms with Crippen molar-refractivity contribution in [1.29, 1.82) is 0 Å². The highest BCUT2D eigenvalue weighted by molar-refractivity contribution is 6.00. The molecule has 7 heterocycles. The number of hydrogen-bond donors (Lipinski definition) is 2. The molecule has 2 fully saturated rings. The summed E-state index contributed by atoms with van der Waals surface area (Å²) in [7, 11) is 3.76. The zero-order valence-corrected chi connectivity index (χ0v) is 36.4. The zero-order valence-electron chi connectivity index (χ0n) is 36.4. The van der Waals surface area contributed by atoms with Gasteiger partial charge in [-0.15, -0.1) is 20.4 Å². The number of rotatable bonds is 10. The summed E-state index contributed by atoms with van der Waals surface area (Å²) in [6, 6.07) is 26.1. The van der Waals surface area contributed by atoms with Gasteiger partial charge in [-0.1, -0.05) is 48.5 Å². The summed E-state index contributed by atoms with van der Waals surface area (Å²) in [5.41, 5.74) is 3.89. The van der Waals surface area contributed by atoms with Crippen molar-refractivity contribution >= 4 is 33.3 Å². The minimum absolute atomic E-state index is 0.0173. The van der Waals surface area contributed by atoms with Crippen LogP contribution >= 0.6 is 0 Å². The minimum atomic E-state index is -4.60. The van der Waals surface area contributed by atoms with Crippen LogP contribution in [0.25, 0.3) is 44.5 Å². The number of fused-ring (bicyclic) bond motifs is 2. The van der Waals surface area contributed by atoms with Crippen molar-refractivity contribution in [3.05, 3.63) is 138 Å². The van der Waals surface area contributed by atoms with Gasteiger partial charge in [-0.2, -0.15) is 23.4 Å². The highest BCUT2D eigenvalue weighted by Crippen LogP contribution is 2.35. The summed E-state index contributed by atoms with van der Waals surface area (Å²) < 4.78 is 70.6. The topological polar surface area (TPSA) is 131 Å². The van der Waals surface area contributed by atoms with Gasteiger partial charge in [-0.05, 0) is 73.7 Å². The van der Waals surface area contributed by atoms with E-state index in [1.54, 1.807) is 29.3 Å². The minimum Gasteiger partial charge on any atom is -0.354 e. The standard InChI is InChI=1S/C24H23F4N7.C24H25FN6/c1-34-20(6-10-31-34)21-18-3-2-9-29-22(18)23(33-32-21)35-11-7-17(8-12-35)30-14-15-4-5-16(25)13-19(15)24(26,27)28;1-30-22(10-13-27-30)23-19-7-3-4-8-20(19)24(29-28-23)31-14-11-18(12-15-31)26-16-17-6-2-5-9-21(17)25/h2-6,9-10,13,17,30H,7-8,11-12,14H2,1H3;2-10,13,18,26H,11-12,14-16H2,1H3. The third-order valence-corrected chi connectivity index (χ3v) is 12.4. The second-order valence-electron chi connectivity index (χ2n) is 16.5. The van der Waals surface area contributed by atoms with E-state index >= 15 is 0 Å². The van der Waals surface area contributed by atoms with Crippen molar-refractivity contribution in [2.75, 3.05) is 36.0 Å². The summed E-state index contributed by atoms with van der Waals surface area (Å²) >= 11 is 0. The fourth-order valence-electron chi connectivity index (χ4n) is 8.81. The third kappa shape index (κ3) is 9.55. The Kier molecular flexibility index (Phi) is 12.9. The Morgan fingerprint density at radius 3 is 1.73 bits per heavy atom. The number of alkyl halides is 3. The number of aryl methyl sites for hydroxylation is 2. The van der Waals surface area contributed by atoms with E-state index in [-0.39, 0.29) is 24.0 Å². The Balaban J connectivity index is 0.000000167. The van der Waals surface area contributed by atoms with Gasteiger partial charge in [0, 0.05) is 106 Å². The number of pyridine rings is 1. The van der Waals surface area contributed by atoms with Gasteiger partial charge < -0.3 is 20.4 Å². The molecule has 10 rings (SSSR count). The summed E-state index contributed by atoms with van der Waals surface area (Å²) in [5, 5.41) is 36.4. The Hall–Kier alpha value is -6.92. The van der Waals surface area contributed by atoms with Crippen molar-refractivity contribution in [3.8, 4) is 22.8 Å². The molecule has 340 valence electrons. The van der Waals surface area contributed by atoms with Crippen LogP contribution in [0.2, 0.25) is 0 Å². The second-order valence-corrected chi connectivity index (χ2v) is 16.5. The van der Waals surface area contributed by atoms with Crippen LogP contribution in [0.5, 0.6) is 0 Å². The first-order valence-electron chi connectivity index (χ1n) is 21.9. The molecule has 2 aliphatic heterocycles. The van der Waals surface area contributed by atoms with Gasteiger partial charge in [0.05, 0.1) is 17.0 Å². The van der Waals surface area contributed by atoms with Crippen molar-refractivity contribution in [2.45, 2.75) is 57.0 Å². The molecule has 8 aromatic rings. The number of aromatic nitrogens is 9. The molecule has 0 aliphatic carbocycles. The van der Waals surface area contributed by atoms with Crippen LogP contribution in [0.15, 0.2) is 110 Å². The van der Waals surface area contributed by atoms with Crippen LogP contribution in [0.4, 0.5) is 33.6 Å². The summed E-state index contributed by atoms with van der Waals surface area (Å²) in [4.78, 5) is 8.98. The molecule has 0 radical (unpaired) electrons. The molecule has 0 atom stereocenters. The number of nitrogens with one attached hydrogen (secondary N) is 2. The van der Waals surface area contributed by atoms with Gasteiger partial charge in [0.15, 0.2) is 11.6 Å². The molecule has 0 unspecified atom stereocenters. The first kappa shape index (κ1) is 44.3. The predicted octanol–water partition coefficient (Wildman–Crippen LogP) is 8.27. The molecule has 0 saturated carbocycles. The fourth-order valence-corrected chi connectivity index (χ4v) is 8.81. The molecular weight excluding hydrogens is 854 g/mol. The van der Waals surface area contributed by atoms with Crippen LogP contribution in [0.3, 0.4) is 0 Å². The summed E-state index contributed by atoms with van der Waals surface area (Å²) in [5.74, 6) is 0.561. The Labute approximate surface area is 377 Å². The highest BCUT2D eigenvalue weighted by atomic mass is 19.4. The van der Waals surface area contributed by atoms with Crippen LogP contribution in [0, 0.1) is 11.6 Å². The molecule has 2 saturated heterocycles. The van der Waals surface area contributed by atoms with E-state index < -0.39 is 17.6 Å². The van der Waals surface area contributed by atoms with E-state index in [1.807, 2.05) is 67.3 Å².